The van der Waals surface area contributed by atoms with E-state index in [-0.39, 0.29) is 17.9 Å². The average molecular weight is 387 g/mol. The Kier molecular flexibility index (Phi) is 3.88. The highest BCUT2D eigenvalue weighted by Gasteiger charge is 2.61. The van der Waals surface area contributed by atoms with E-state index in [1.807, 2.05) is 24.3 Å². The standard InChI is InChI=1S/C22H27ClN2O2/c23-17-4-2-16(3-5-17)21(6-1-7-21)20(27)25-18-15-9-13-8-14(10-15)12-22(18,11-13)19(24)26/h2-5,13-15,18H,1,6-12H2,(H2,24,26)(H,25,27). The van der Waals surface area contributed by atoms with Gasteiger partial charge in [0, 0.05) is 11.1 Å². The van der Waals surface area contributed by atoms with Gasteiger partial charge in [-0.25, -0.2) is 0 Å². The van der Waals surface area contributed by atoms with Gasteiger partial charge in [-0.15, -0.1) is 0 Å². The Balaban J connectivity index is 1.44. The monoisotopic (exact) mass is 386 g/mol. The van der Waals surface area contributed by atoms with Crippen molar-refractivity contribution in [2.24, 2.45) is 28.9 Å². The number of halogens is 1. The molecule has 5 heteroatoms. The molecule has 1 aromatic rings. The summed E-state index contributed by atoms with van der Waals surface area (Å²) >= 11 is 6.04. The van der Waals surface area contributed by atoms with Gasteiger partial charge in [-0.3, -0.25) is 9.59 Å². The minimum Gasteiger partial charge on any atom is -0.369 e. The first kappa shape index (κ1) is 17.5. The predicted molar refractivity (Wildman–Crippen MR) is 104 cm³/mol. The van der Waals surface area contributed by atoms with E-state index < -0.39 is 10.8 Å². The second kappa shape index (κ2) is 5.97. The lowest BCUT2D eigenvalue weighted by atomic mass is 9.47. The third-order valence-electron chi connectivity index (χ3n) is 8.13. The highest BCUT2D eigenvalue weighted by atomic mass is 35.5. The van der Waals surface area contributed by atoms with Gasteiger partial charge in [0.1, 0.15) is 0 Å². The maximum atomic E-state index is 13.5. The van der Waals surface area contributed by atoms with Crippen molar-refractivity contribution in [1.82, 2.24) is 5.32 Å². The molecule has 4 bridgehead atoms. The number of nitrogens with one attached hydrogen (secondary N) is 1. The van der Waals surface area contributed by atoms with Crippen LogP contribution in [0.4, 0.5) is 0 Å². The van der Waals surface area contributed by atoms with Crippen LogP contribution in [0.2, 0.25) is 5.02 Å². The van der Waals surface area contributed by atoms with Crippen LogP contribution >= 0.6 is 11.6 Å². The molecule has 5 aliphatic rings. The number of hydrogen-bond donors (Lipinski definition) is 2. The minimum absolute atomic E-state index is 0.0779. The van der Waals surface area contributed by atoms with Crippen molar-refractivity contribution in [2.75, 3.05) is 0 Å². The SMILES string of the molecule is NC(=O)C12CC3CC(CC(C3)C1NC(=O)C1(c3ccc(Cl)cc3)CCC1)C2. The zero-order valence-electron chi connectivity index (χ0n) is 15.5. The maximum absolute atomic E-state index is 13.5. The Morgan fingerprint density at radius 3 is 2.19 bits per heavy atom. The highest BCUT2D eigenvalue weighted by Crippen LogP contribution is 2.60. The molecule has 1 aromatic carbocycles. The number of carbonyl (C=O) groups is 2. The molecule has 0 spiro atoms. The van der Waals surface area contributed by atoms with Gasteiger partial charge in [0.25, 0.3) is 0 Å². The molecule has 3 unspecified atom stereocenters. The summed E-state index contributed by atoms with van der Waals surface area (Å²) in [5.41, 5.74) is 5.96. The largest absolute Gasteiger partial charge is 0.369 e. The Labute approximate surface area is 165 Å². The second-order valence-electron chi connectivity index (χ2n) is 9.52. The van der Waals surface area contributed by atoms with Crippen LogP contribution in [0.5, 0.6) is 0 Å². The fourth-order valence-corrected chi connectivity index (χ4v) is 7.00. The predicted octanol–water partition coefficient (Wildman–Crippen LogP) is 3.56. The molecule has 5 saturated carbocycles. The van der Waals surface area contributed by atoms with E-state index in [4.69, 9.17) is 17.3 Å². The molecule has 144 valence electrons. The summed E-state index contributed by atoms with van der Waals surface area (Å²) in [6.07, 6.45) is 7.97. The van der Waals surface area contributed by atoms with Crippen LogP contribution in [-0.2, 0) is 15.0 Å². The first-order valence-electron chi connectivity index (χ1n) is 10.3. The molecule has 3 N–H and O–H groups in total. The van der Waals surface area contributed by atoms with Crippen molar-refractivity contribution in [3.05, 3.63) is 34.9 Å². The van der Waals surface area contributed by atoms with E-state index in [9.17, 15) is 9.59 Å². The van der Waals surface area contributed by atoms with E-state index >= 15 is 0 Å². The quantitative estimate of drug-likeness (QED) is 0.830. The van der Waals surface area contributed by atoms with Gasteiger partial charge >= 0.3 is 0 Å². The molecule has 0 aromatic heterocycles. The van der Waals surface area contributed by atoms with E-state index in [0.717, 1.165) is 50.5 Å². The van der Waals surface area contributed by atoms with Gasteiger partial charge in [-0.05, 0) is 80.4 Å². The summed E-state index contributed by atoms with van der Waals surface area (Å²) in [7, 11) is 0. The van der Waals surface area contributed by atoms with E-state index in [2.05, 4.69) is 5.32 Å². The van der Waals surface area contributed by atoms with E-state index in [1.54, 1.807) is 0 Å². The first-order valence-corrected chi connectivity index (χ1v) is 10.7. The summed E-state index contributed by atoms with van der Waals surface area (Å²) in [5.74, 6) is 1.49. The summed E-state index contributed by atoms with van der Waals surface area (Å²) in [6, 6.07) is 7.57. The first-order chi connectivity index (χ1) is 12.9. The van der Waals surface area contributed by atoms with Gasteiger partial charge in [0.15, 0.2) is 0 Å². The average Bonchev–Trinajstić information content (AvgIpc) is 2.58. The summed E-state index contributed by atoms with van der Waals surface area (Å²) in [5, 5.41) is 4.05. The van der Waals surface area contributed by atoms with Gasteiger partial charge in [-0.2, -0.15) is 0 Å². The van der Waals surface area contributed by atoms with Crippen LogP contribution in [0.3, 0.4) is 0 Å². The van der Waals surface area contributed by atoms with Crippen LogP contribution in [0, 0.1) is 23.2 Å². The van der Waals surface area contributed by atoms with Crippen LogP contribution in [0.25, 0.3) is 0 Å². The molecule has 4 nitrogen and oxygen atoms in total. The molecule has 6 rings (SSSR count). The van der Waals surface area contributed by atoms with E-state index in [1.165, 1.54) is 6.42 Å². The fourth-order valence-electron chi connectivity index (χ4n) is 6.88. The molecule has 5 aliphatic carbocycles. The topological polar surface area (TPSA) is 72.2 Å². The maximum Gasteiger partial charge on any atom is 0.230 e. The molecule has 0 aliphatic heterocycles. The zero-order chi connectivity index (χ0) is 18.8. The number of benzene rings is 1. The molecular formula is C22H27ClN2O2. The smallest absolute Gasteiger partial charge is 0.230 e. The molecular weight excluding hydrogens is 360 g/mol. The van der Waals surface area contributed by atoms with Crippen LogP contribution in [-0.4, -0.2) is 17.9 Å². The Morgan fingerprint density at radius 1 is 1.04 bits per heavy atom. The lowest BCUT2D eigenvalue weighted by Crippen LogP contribution is -2.68. The number of amides is 2. The molecule has 0 saturated heterocycles. The third kappa shape index (κ3) is 2.48. The second-order valence-corrected chi connectivity index (χ2v) is 9.96. The fraction of sp³-hybridized carbons (Fsp3) is 0.636. The van der Waals surface area contributed by atoms with Crippen molar-refractivity contribution in [2.45, 2.75) is 62.8 Å². The lowest BCUT2D eigenvalue weighted by molar-refractivity contribution is -0.153. The highest BCUT2D eigenvalue weighted by molar-refractivity contribution is 6.30. The summed E-state index contributed by atoms with van der Waals surface area (Å²) in [4.78, 5) is 26.0. The normalized spacial score (nSPS) is 38.3. The van der Waals surface area contributed by atoms with Crippen LogP contribution in [0.15, 0.2) is 24.3 Å². The number of carbonyl (C=O) groups excluding carboxylic acids is 2. The molecule has 0 heterocycles. The van der Waals surface area contributed by atoms with Crippen molar-refractivity contribution in [3.63, 3.8) is 0 Å². The number of hydrogen-bond acceptors (Lipinski definition) is 2. The number of primary amides is 1. The molecule has 0 radical (unpaired) electrons. The molecule has 2 amide bonds. The van der Waals surface area contributed by atoms with Crippen molar-refractivity contribution < 1.29 is 9.59 Å². The van der Waals surface area contributed by atoms with Crippen molar-refractivity contribution in [1.29, 1.82) is 0 Å². The van der Waals surface area contributed by atoms with Gasteiger partial charge in [0.05, 0.1) is 10.8 Å². The number of nitrogens with two attached hydrogens (primary N) is 1. The zero-order valence-corrected chi connectivity index (χ0v) is 16.3. The van der Waals surface area contributed by atoms with Crippen LogP contribution in [0.1, 0.15) is 56.9 Å². The Morgan fingerprint density at radius 2 is 1.67 bits per heavy atom. The Hall–Kier alpha value is -1.55. The number of rotatable bonds is 4. The molecule has 3 atom stereocenters. The molecule has 5 fully saturated rings. The van der Waals surface area contributed by atoms with Gasteiger partial charge in [-0.1, -0.05) is 30.2 Å². The third-order valence-corrected chi connectivity index (χ3v) is 8.38. The van der Waals surface area contributed by atoms with E-state index in [0.29, 0.717) is 22.8 Å². The van der Waals surface area contributed by atoms with Gasteiger partial charge in [0.2, 0.25) is 11.8 Å². The Bertz CT molecular complexity index is 772. The van der Waals surface area contributed by atoms with Gasteiger partial charge < -0.3 is 11.1 Å². The summed E-state index contributed by atoms with van der Waals surface area (Å²) in [6.45, 7) is 0. The van der Waals surface area contributed by atoms with Crippen LogP contribution < -0.4 is 11.1 Å². The molecule has 27 heavy (non-hydrogen) atoms. The van der Waals surface area contributed by atoms with Crippen molar-refractivity contribution >= 4 is 23.4 Å². The van der Waals surface area contributed by atoms with Crippen molar-refractivity contribution in [3.8, 4) is 0 Å². The lowest BCUT2D eigenvalue weighted by Gasteiger charge is -2.60. The minimum atomic E-state index is -0.532. The summed E-state index contributed by atoms with van der Waals surface area (Å²) < 4.78 is 0.